The summed E-state index contributed by atoms with van der Waals surface area (Å²) in [6.45, 7) is 20.9. The minimum Gasteiger partial charge on any atom is -0.462 e. The van der Waals surface area contributed by atoms with Crippen LogP contribution in [0.15, 0.2) is 0 Å². The standard InChI is InChI=1S/C25H48O8Si/c1-23(2,3)22(27)29-14-17-19-20(31-15-30-17)21(28-9)25(7,8)18(33-19)12-16(26)13-32-34(10,11)24(4,5)6/h16-21,26H,12-15H2,1-11H3/t16-,17+,18+,19+,20-,21+/m0/s1. The number of esters is 1. The number of carbonyl (C=O) groups is 1. The highest BCUT2D eigenvalue weighted by atomic mass is 28.4. The van der Waals surface area contributed by atoms with Crippen molar-refractivity contribution in [3.05, 3.63) is 0 Å². The van der Waals surface area contributed by atoms with Crippen molar-refractivity contribution in [2.75, 3.05) is 27.1 Å². The average Bonchev–Trinajstić information content (AvgIpc) is 2.69. The normalized spacial score (nSPS) is 31.0. The van der Waals surface area contributed by atoms with E-state index in [4.69, 9.17) is 28.1 Å². The molecule has 6 atom stereocenters. The first-order valence-corrected chi connectivity index (χ1v) is 15.2. The van der Waals surface area contributed by atoms with E-state index in [9.17, 15) is 9.90 Å². The predicted molar refractivity (Wildman–Crippen MR) is 132 cm³/mol. The molecule has 0 unspecified atom stereocenters. The smallest absolute Gasteiger partial charge is 0.311 e. The molecule has 0 aromatic carbocycles. The van der Waals surface area contributed by atoms with Crippen LogP contribution in [0.25, 0.3) is 0 Å². The molecule has 0 saturated carbocycles. The van der Waals surface area contributed by atoms with Crippen molar-refractivity contribution in [1.29, 1.82) is 0 Å². The predicted octanol–water partition coefficient (Wildman–Crippen LogP) is 3.90. The van der Waals surface area contributed by atoms with Crippen molar-refractivity contribution in [2.45, 2.75) is 117 Å². The van der Waals surface area contributed by atoms with Gasteiger partial charge in [-0.15, -0.1) is 0 Å². The van der Waals surface area contributed by atoms with Gasteiger partial charge in [0.1, 0.15) is 31.7 Å². The summed E-state index contributed by atoms with van der Waals surface area (Å²) in [7, 11) is -0.317. The Morgan fingerprint density at radius 3 is 2.26 bits per heavy atom. The van der Waals surface area contributed by atoms with Crippen LogP contribution < -0.4 is 0 Å². The molecule has 1 N–H and O–H groups in total. The third kappa shape index (κ3) is 6.81. The molecule has 0 bridgehead atoms. The van der Waals surface area contributed by atoms with E-state index in [1.807, 2.05) is 20.8 Å². The maximum Gasteiger partial charge on any atom is 0.311 e. The van der Waals surface area contributed by atoms with E-state index in [2.05, 4.69) is 47.7 Å². The maximum absolute atomic E-state index is 12.3. The molecule has 200 valence electrons. The van der Waals surface area contributed by atoms with Gasteiger partial charge in [-0.1, -0.05) is 34.6 Å². The lowest BCUT2D eigenvalue weighted by Gasteiger charge is -2.54. The molecule has 2 heterocycles. The van der Waals surface area contributed by atoms with Crippen LogP contribution in [0.2, 0.25) is 18.1 Å². The van der Waals surface area contributed by atoms with Gasteiger partial charge in [0.25, 0.3) is 0 Å². The zero-order chi connectivity index (χ0) is 26.1. The number of aliphatic hydroxyl groups is 1. The van der Waals surface area contributed by atoms with Gasteiger partial charge in [-0.25, -0.2) is 0 Å². The summed E-state index contributed by atoms with van der Waals surface area (Å²) in [6.07, 6.45) is -2.25. The van der Waals surface area contributed by atoms with Crippen LogP contribution in [-0.2, 0) is 32.9 Å². The first-order chi connectivity index (χ1) is 15.4. The van der Waals surface area contributed by atoms with Gasteiger partial charge in [0, 0.05) is 18.9 Å². The molecule has 9 heteroatoms. The zero-order valence-corrected chi connectivity index (χ0v) is 24.1. The van der Waals surface area contributed by atoms with E-state index in [-0.39, 0.29) is 49.3 Å². The zero-order valence-electron chi connectivity index (χ0n) is 23.1. The molecule has 0 spiro atoms. The Balaban J connectivity index is 2.13. The first kappa shape index (κ1) is 29.7. The SMILES string of the molecule is CO[C@@H]1[C@H]2OCO[C@H](COC(=O)C(C)(C)C)[C@H]2O[C@H](C[C@H](O)CO[Si](C)(C)C(C)(C)C)C1(C)C. The maximum atomic E-state index is 12.3. The molecular formula is C25H48O8Si. The number of hydrogen-bond donors (Lipinski definition) is 1. The minimum atomic E-state index is -1.98. The Bertz CT molecular complexity index is 681. The molecule has 0 aromatic heterocycles. The van der Waals surface area contributed by atoms with Gasteiger partial charge in [0.15, 0.2) is 8.32 Å². The molecule has 2 saturated heterocycles. The Labute approximate surface area is 207 Å². The van der Waals surface area contributed by atoms with Crippen molar-refractivity contribution < 1.29 is 38.0 Å². The molecule has 34 heavy (non-hydrogen) atoms. The van der Waals surface area contributed by atoms with E-state index < -0.39 is 37.5 Å². The molecule has 2 aliphatic rings. The summed E-state index contributed by atoms with van der Waals surface area (Å²) in [5, 5.41) is 11.0. The largest absolute Gasteiger partial charge is 0.462 e. The Hall–Kier alpha value is -0.553. The van der Waals surface area contributed by atoms with Crippen molar-refractivity contribution in [2.24, 2.45) is 10.8 Å². The molecule has 2 aliphatic heterocycles. The third-order valence-electron chi connectivity index (χ3n) is 7.59. The highest BCUT2D eigenvalue weighted by molar-refractivity contribution is 6.74. The summed E-state index contributed by atoms with van der Waals surface area (Å²) in [6, 6.07) is 0. The lowest BCUT2D eigenvalue weighted by Crippen LogP contribution is -2.66. The molecule has 8 nitrogen and oxygen atoms in total. The van der Waals surface area contributed by atoms with E-state index in [1.165, 1.54) is 0 Å². The second-order valence-corrected chi connectivity index (χ2v) is 17.6. The second kappa shape index (κ2) is 10.8. The summed E-state index contributed by atoms with van der Waals surface area (Å²) in [4.78, 5) is 12.3. The Morgan fingerprint density at radius 1 is 1.12 bits per heavy atom. The van der Waals surface area contributed by atoms with Gasteiger partial charge in [-0.2, -0.15) is 0 Å². The van der Waals surface area contributed by atoms with Crippen LogP contribution in [0.3, 0.4) is 0 Å². The van der Waals surface area contributed by atoms with Gasteiger partial charge < -0.3 is 33.2 Å². The lowest BCUT2D eigenvalue weighted by molar-refractivity contribution is -0.332. The Kier molecular flexibility index (Phi) is 9.45. The molecule has 0 aliphatic carbocycles. The average molecular weight is 505 g/mol. The van der Waals surface area contributed by atoms with Crippen LogP contribution >= 0.6 is 0 Å². The fraction of sp³-hybridized carbons (Fsp3) is 0.960. The van der Waals surface area contributed by atoms with E-state index in [0.29, 0.717) is 6.42 Å². The topological polar surface area (TPSA) is 92.7 Å². The van der Waals surface area contributed by atoms with E-state index in [1.54, 1.807) is 7.11 Å². The molecule has 2 rings (SSSR count). The summed E-state index contributed by atoms with van der Waals surface area (Å²) < 4.78 is 35.9. The molecule has 2 fully saturated rings. The van der Waals surface area contributed by atoms with Gasteiger partial charge in [0.05, 0.1) is 30.3 Å². The molecule has 0 aromatic rings. The highest BCUT2D eigenvalue weighted by Gasteiger charge is 2.56. The van der Waals surface area contributed by atoms with Crippen LogP contribution in [0.5, 0.6) is 0 Å². The number of methoxy groups -OCH3 is 1. The summed E-state index contributed by atoms with van der Waals surface area (Å²) in [5.41, 5.74) is -1.04. The fourth-order valence-corrected chi connectivity index (χ4v) is 5.20. The van der Waals surface area contributed by atoms with E-state index in [0.717, 1.165) is 0 Å². The number of carbonyl (C=O) groups excluding carboxylic acids is 1. The highest BCUT2D eigenvalue weighted by Crippen LogP contribution is 2.44. The van der Waals surface area contributed by atoms with E-state index >= 15 is 0 Å². The van der Waals surface area contributed by atoms with Crippen LogP contribution in [0, 0.1) is 10.8 Å². The van der Waals surface area contributed by atoms with Gasteiger partial charge >= 0.3 is 5.97 Å². The van der Waals surface area contributed by atoms with Crippen LogP contribution in [-0.4, -0.2) is 83.1 Å². The quantitative estimate of drug-likeness (QED) is 0.393. The van der Waals surface area contributed by atoms with Crippen molar-refractivity contribution in [1.82, 2.24) is 0 Å². The number of rotatable bonds is 8. The summed E-state index contributed by atoms with van der Waals surface area (Å²) in [5.74, 6) is -0.298. The van der Waals surface area contributed by atoms with Gasteiger partial charge in [-0.3, -0.25) is 4.79 Å². The van der Waals surface area contributed by atoms with Gasteiger partial charge in [0.2, 0.25) is 0 Å². The minimum absolute atomic E-state index is 0.0657. The number of fused-ring (bicyclic) bond motifs is 1. The summed E-state index contributed by atoms with van der Waals surface area (Å²) >= 11 is 0. The van der Waals surface area contributed by atoms with Crippen molar-refractivity contribution in [3.8, 4) is 0 Å². The third-order valence-corrected chi connectivity index (χ3v) is 12.1. The molecular weight excluding hydrogens is 456 g/mol. The monoisotopic (exact) mass is 504 g/mol. The van der Waals surface area contributed by atoms with Crippen molar-refractivity contribution in [3.63, 3.8) is 0 Å². The van der Waals surface area contributed by atoms with Crippen molar-refractivity contribution >= 4 is 14.3 Å². The number of ether oxygens (including phenoxy) is 5. The first-order valence-electron chi connectivity index (χ1n) is 12.3. The number of hydrogen-bond acceptors (Lipinski definition) is 8. The lowest BCUT2D eigenvalue weighted by atomic mass is 9.72. The Morgan fingerprint density at radius 2 is 1.74 bits per heavy atom. The second-order valence-electron chi connectivity index (χ2n) is 12.8. The van der Waals surface area contributed by atoms with Crippen LogP contribution in [0.4, 0.5) is 0 Å². The number of aliphatic hydroxyl groups excluding tert-OH is 1. The molecule has 0 amide bonds. The van der Waals surface area contributed by atoms with Crippen LogP contribution in [0.1, 0.15) is 61.8 Å². The fourth-order valence-electron chi connectivity index (χ4n) is 4.15. The molecule has 0 radical (unpaired) electrons. The van der Waals surface area contributed by atoms with Gasteiger partial charge in [-0.05, 0) is 38.9 Å².